The van der Waals surface area contributed by atoms with Crippen molar-refractivity contribution in [3.8, 4) is 0 Å². The summed E-state index contributed by atoms with van der Waals surface area (Å²) in [6, 6.07) is 10.9. The molecule has 0 aliphatic carbocycles. The van der Waals surface area contributed by atoms with Crippen LogP contribution < -0.4 is 15.4 Å². The Morgan fingerprint density at radius 1 is 1.14 bits per heavy atom. The van der Waals surface area contributed by atoms with E-state index < -0.39 is 15.8 Å². The van der Waals surface area contributed by atoms with Crippen LogP contribution in [0.5, 0.6) is 0 Å². The van der Waals surface area contributed by atoms with Crippen molar-refractivity contribution in [1.29, 1.82) is 0 Å². The first-order valence-corrected chi connectivity index (χ1v) is 11.1. The summed E-state index contributed by atoms with van der Waals surface area (Å²) in [5.74, 6) is -0.569. The average Bonchev–Trinajstić information content (AvgIpc) is 3.08. The Kier molecular flexibility index (Phi) is 5.53. The van der Waals surface area contributed by atoms with E-state index in [1.165, 1.54) is 35.2 Å². The molecule has 1 aliphatic heterocycles. The zero-order chi connectivity index (χ0) is 20.4. The summed E-state index contributed by atoms with van der Waals surface area (Å²) < 4.78 is 45.8. The van der Waals surface area contributed by atoms with Gasteiger partial charge in [0.15, 0.2) is 5.58 Å². The lowest BCUT2D eigenvalue weighted by Gasteiger charge is -2.29. The lowest BCUT2D eigenvalue weighted by molar-refractivity contribution is -0.919. The number of hydrogen-bond donors (Lipinski definition) is 3. The first-order valence-electron chi connectivity index (χ1n) is 9.59. The summed E-state index contributed by atoms with van der Waals surface area (Å²) in [7, 11) is -3.68. The second kappa shape index (κ2) is 8.10. The molecule has 1 aliphatic rings. The fourth-order valence-corrected chi connectivity index (χ4v) is 4.89. The molecular weight excluding hydrogens is 397 g/mol. The van der Waals surface area contributed by atoms with Gasteiger partial charge in [-0.3, -0.25) is 4.98 Å². The number of likely N-dealkylation sites (tertiary alicyclic amines) is 1. The molecule has 2 heterocycles. The topological polar surface area (TPSA) is 96.6 Å². The third kappa shape index (κ3) is 4.75. The van der Waals surface area contributed by atoms with Crippen LogP contribution in [0.4, 0.5) is 4.39 Å². The Hall–Kier alpha value is -2.49. The minimum Gasteiger partial charge on any atom is -0.408 e. The second-order valence-corrected chi connectivity index (χ2v) is 9.29. The predicted molar refractivity (Wildman–Crippen MR) is 106 cm³/mol. The highest BCUT2D eigenvalue weighted by atomic mass is 32.2. The van der Waals surface area contributed by atoms with Gasteiger partial charge in [0.05, 0.1) is 23.5 Å². The van der Waals surface area contributed by atoms with Crippen molar-refractivity contribution in [2.24, 2.45) is 5.92 Å². The average molecular weight is 420 g/mol. The minimum absolute atomic E-state index is 0.0760. The van der Waals surface area contributed by atoms with Gasteiger partial charge in [-0.2, -0.15) is 0 Å². The Bertz CT molecular complexity index is 1150. The number of fused-ring (bicyclic) bond motifs is 1. The normalized spacial score (nSPS) is 20.2. The number of aromatic nitrogens is 1. The maximum absolute atomic E-state index is 13.0. The number of quaternary nitrogens is 1. The molecule has 2 aromatic carbocycles. The van der Waals surface area contributed by atoms with Gasteiger partial charge in [-0.1, -0.05) is 12.1 Å². The Labute approximate surface area is 167 Å². The number of nitrogens with one attached hydrogen (secondary N) is 3. The van der Waals surface area contributed by atoms with E-state index in [-0.39, 0.29) is 22.2 Å². The molecule has 0 spiro atoms. The minimum atomic E-state index is -3.68. The standard InChI is InChI=1S/C20H22FN3O4S/c21-16-3-1-15(2-4-16)13-24-9-7-14(8-10-24)12-22-29(26,27)17-5-6-18-19(11-17)28-20(25)23-18/h1-6,11,14,22H,7-10,12-13H2,(H,23,25)/p+1. The molecule has 0 bridgehead atoms. The Balaban J connectivity index is 1.30. The summed E-state index contributed by atoms with van der Waals surface area (Å²) in [6.07, 6.45) is 1.84. The fourth-order valence-electron chi connectivity index (χ4n) is 3.76. The number of rotatable bonds is 6. The lowest BCUT2D eigenvalue weighted by Crippen LogP contribution is -3.11. The second-order valence-electron chi connectivity index (χ2n) is 7.52. The van der Waals surface area contributed by atoms with Crippen LogP contribution >= 0.6 is 0 Å². The number of oxazole rings is 1. The van der Waals surface area contributed by atoms with Crippen LogP contribution in [-0.4, -0.2) is 33.0 Å². The maximum atomic E-state index is 13.0. The zero-order valence-corrected chi connectivity index (χ0v) is 16.6. The highest BCUT2D eigenvalue weighted by molar-refractivity contribution is 7.89. The molecule has 3 N–H and O–H groups in total. The summed E-state index contributed by atoms with van der Waals surface area (Å²) in [5, 5.41) is 0. The molecule has 3 aromatic rings. The summed E-state index contributed by atoms with van der Waals surface area (Å²) in [6.45, 7) is 3.12. The molecule has 7 nitrogen and oxygen atoms in total. The van der Waals surface area contributed by atoms with Crippen molar-refractivity contribution < 1.29 is 22.1 Å². The number of benzene rings is 2. The van der Waals surface area contributed by atoms with Crippen LogP contribution in [0.2, 0.25) is 0 Å². The Morgan fingerprint density at radius 2 is 1.86 bits per heavy atom. The third-order valence-corrected chi connectivity index (χ3v) is 6.87. The van der Waals surface area contributed by atoms with Crippen molar-refractivity contribution in [2.45, 2.75) is 24.3 Å². The predicted octanol–water partition coefficient (Wildman–Crippen LogP) is 1.03. The van der Waals surface area contributed by atoms with E-state index >= 15 is 0 Å². The molecule has 0 radical (unpaired) electrons. The van der Waals surface area contributed by atoms with E-state index in [4.69, 9.17) is 4.42 Å². The number of piperidine rings is 1. The van der Waals surface area contributed by atoms with Crippen molar-refractivity contribution in [2.75, 3.05) is 19.6 Å². The van der Waals surface area contributed by atoms with Gasteiger partial charge in [0.2, 0.25) is 10.0 Å². The smallest absolute Gasteiger partial charge is 0.408 e. The van der Waals surface area contributed by atoms with Gasteiger partial charge >= 0.3 is 5.76 Å². The first kappa shape index (κ1) is 19.8. The van der Waals surface area contributed by atoms with Gasteiger partial charge in [-0.25, -0.2) is 22.3 Å². The van der Waals surface area contributed by atoms with Gasteiger partial charge < -0.3 is 9.32 Å². The molecule has 1 aromatic heterocycles. The van der Waals surface area contributed by atoms with Gasteiger partial charge in [0.25, 0.3) is 0 Å². The molecule has 9 heteroatoms. The molecular formula is C20H23FN3O4S+. The van der Waals surface area contributed by atoms with Crippen LogP contribution in [0.3, 0.4) is 0 Å². The highest BCUT2D eigenvalue weighted by Gasteiger charge is 2.24. The van der Waals surface area contributed by atoms with Crippen molar-refractivity contribution >= 4 is 21.1 Å². The molecule has 0 amide bonds. The molecule has 29 heavy (non-hydrogen) atoms. The van der Waals surface area contributed by atoms with Crippen LogP contribution in [0.1, 0.15) is 18.4 Å². The summed E-state index contributed by atoms with van der Waals surface area (Å²) in [4.78, 5) is 15.2. The third-order valence-electron chi connectivity index (χ3n) is 5.44. The Morgan fingerprint density at radius 3 is 2.59 bits per heavy atom. The van der Waals surface area contributed by atoms with Crippen LogP contribution in [-0.2, 0) is 16.6 Å². The van der Waals surface area contributed by atoms with Gasteiger partial charge in [0, 0.05) is 31.0 Å². The summed E-state index contributed by atoms with van der Waals surface area (Å²) in [5.41, 5.74) is 1.79. The summed E-state index contributed by atoms with van der Waals surface area (Å²) >= 11 is 0. The molecule has 0 saturated carbocycles. The van der Waals surface area contributed by atoms with Crippen LogP contribution in [0, 0.1) is 11.7 Å². The van der Waals surface area contributed by atoms with E-state index in [2.05, 4.69) is 9.71 Å². The largest absolute Gasteiger partial charge is 0.417 e. The molecule has 1 saturated heterocycles. The molecule has 1 fully saturated rings. The number of halogens is 1. The van der Waals surface area contributed by atoms with E-state index in [0.717, 1.165) is 38.0 Å². The molecule has 154 valence electrons. The number of aromatic amines is 1. The van der Waals surface area contributed by atoms with Crippen LogP contribution in [0.15, 0.2) is 56.6 Å². The van der Waals surface area contributed by atoms with Crippen molar-refractivity contribution in [3.63, 3.8) is 0 Å². The SMILES string of the molecule is O=c1[nH]c2ccc(S(=O)(=O)NCC3CC[NH+](Cc4ccc(F)cc4)CC3)cc2o1. The van der Waals surface area contributed by atoms with Crippen molar-refractivity contribution in [1.82, 2.24) is 9.71 Å². The van der Waals surface area contributed by atoms with Crippen molar-refractivity contribution in [3.05, 3.63) is 64.4 Å². The van der Waals surface area contributed by atoms with E-state index in [0.29, 0.717) is 12.1 Å². The van der Waals surface area contributed by atoms with Crippen LogP contribution in [0.25, 0.3) is 11.1 Å². The monoisotopic (exact) mass is 420 g/mol. The zero-order valence-electron chi connectivity index (χ0n) is 15.8. The van der Waals surface area contributed by atoms with E-state index in [9.17, 15) is 17.6 Å². The number of H-pyrrole nitrogens is 1. The maximum Gasteiger partial charge on any atom is 0.417 e. The van der Waals surface area contributed by atoms with Gasteiger partial charge in [0.1, 0.15) is 12.4 Å². The first-order chi connectivity index (χ1) is 13.9. The van der Waals surface area contributed by atoms with Gasteiger partial charge in [-0.15, -0.1) is 0 Å². The number of hydrogen-bond acceptors (Lipinski definition) is 4. The molecule has 0 unspecified atom stereocenters. The molecule has 4 rings (SSSR count). The lowest BCUT2D eigenvalue weighted by atomic mass is 9.97. The van der Waals surface area contributed by atoms with Gasteiger partial charge in [-0.05, 0) is 30.2 Å². The quantitative estimate of drug-likeness (QED) is 0.555. The number of sulfonamides is 1. The van der Waals surface area contributed by atoms with E-state index in [1.807, 2.05) is 12.1 Å². The molecule has 0 atom stereocenters. The van der Waals surface area contributed by atoms with E-state index in [1.54, 1.807) is 0 Å². The highest BCUT2D eigenvalue weighted by Crippen LogP contribution is 2.17. The fraction of sp³-hybridized carbons (Fsp3) is 0.350.